The van der Waals surface area contributed by atoms with E-state index in [2.05, 4.69) is 27.3 Å². The number of aromatic nitrogens is 2. The fourth-order valence-corrected chi connectivity index (χ4v) is 2.76. The lowest BCUT2D eigenvalue weighted by Crippen LogP contribution is -2.49. The maximum absolute atomic E-state index is 5.39. The first-order valence-corrected chi connectivity index (χ1v) is 7.47. The van der Waals surface area contributed by atoms with Gasteiger partial charge in [0.05, 0.1) is 6.54 Å². The molecule has 0 saturated carbocycles. The molecule has 1 N–H and O–H groups in total. The molecule has 3 heterocycles. The molecule has 2 aliphatic rings. The zero-order valence-electron chi connectivity index (χ0n) is 12.4. The molecule has 7 nitrogen and oxygen atoms in total. The van der Waals surface area contributed by atoms with E-state index in [0.717, 1.165) is 36.7 Å². The Labute approximate surface area is 128 Å². The molecule has 2 aliphatic heterocycles. The van der Waals surface area contributed by atoms with Crippen molar-refractivity contribution in [3.63, 3.8) is 0 Å². The van der Waals surface area contributed by atoms with Crippen LogP contribution >= 0.6 is 0 Å². The van der Waals surface area contributed by atoms with Gasteiger partial charge in [0.1, 0.15) is 0 Å². The summed E-state index contributed by atoms with van der Waals surface area (Å²) in [4.78, 5) is 6.84. The first-order valence-electron chi connectivity index (χ1n) is 7.47. The van der Waals surface area contributed by atoms with Crippen molar-refractivity contribution < 1.29 is 14.0 Å². The van der Waals surface area contributed by atoms with Crippen molar-refractivity contribution in [1.29, 1.82) is 0 Å². The molecule has 1 aromatic carbocycles. The normalized spacial score (nSPS) is 21.2. The highest BCUT2D eigenvalue weighted by Crippen LogP contribution is 2.35. The van der Waals surface area contributed by atoms with Gasteiger partial charge in [0.15, 0.2) is 11.5 Å². The summed E-state index contributed by atoms with van der Waals surface area (Å²) in [6, 6.07) is 6.13. The lowest BCUT2D eigenvalue weighted by Gasteiger charge is -2.32. The average Bonchev–Trinajstić information content (AvgIpc) is 3.17. The van der Waals surface area contributed by atoms with Gasteiger partial charge in [-0.2, -0.15) is 4.98 Å². The van der Waals surface area contributed by atoms with Crippen LogP contribution in [0, 0.1) is 0 Å². The van der Waals surface area contributed by atoms with E-state index >= 15 is 0 Å². The van der Waals surface area contributed by atoms with Gasteiger partial charge in [-0.25, -0.2) is 0 Å². The van der Waals surface area contributed by atoms with Gasteiger partial charge < -0.3 is 19.3 Å². The lowest BCUT2D eigenvalue weighted by atomic mass is 10.2. The smallest absolute Gasteiger partial charge is 0.241 e. The summed E-state index contributed by atoms with van der Waals surface area (Å²) in [5.41, 5.74) is 0.868. The van der Waals surface area contributed by atoms with Crippen molar-refractivity contribution in [2.75, 3.05) is 26.4 Å². The Kier molecular flexibility index (Phi) is 3.44. The molecule has 0 amide bonds. The number of nitrogens with zero attached hydrogens (tertiary/aromatic N) is 3. The molecule has 0 bridgehead atoms. The largest absolute Gasteiger partial charge is 0.454 e. The van der Waals surface area contributed by atoms with Crippen molar-refractivity contribution in [3.8, 4) is 22.9 Å². The fourth-order valence-electron chi connectivity index (χ4n) is 2.76. The summed E-state index contributed by atoms with van der Waals surface area (Å²) in [5.74, 6) is 2.69. The van der Waals surface area contributed by atoms with Crippen LogP contribution in [0.15, 0.2) is 22.7 Å². The molecule has 1 fully saturated rings. The highest BCUT2D eigenvalue weighted by atomic mass is 16.7. The Morgan fingerprint density at radius 3 is 3.14 bits per heavy atom. The van der Waals surface area contributed by atoms with Crippen molar-refractivity contribution in [3.05, 3.63) is 24.1 Å². The molecule has 2 aromatic rings. The summed E-state index contributed by atoms with van der Waals surface area (Å²) in [6.45, 7) is 6.11. The van der Waals surface area contributed by atoms with Crippen LogP contribution in [0.25, 0.3) is 11.4 Å². The van der Waals surface area contributed by atoms with E-state index < -0.39 is 0 Å². The second kappa shape index (κ2) is 5.58. The van der Waals surface area contributed by atoms with Gasteiger partial charge in [-0.1, -0.05) is 5.16 Å². The summed E-state index contributed by atoms with van der Waals surface area (Å²) in [6.07, 6.45) is 0. The highest BCUT2D eigenvalue weighted by Gasteiger charge is 2.21. The number of benzene rings is 1. The maximum Gasteiger partial charge on any atom is 0.241 e. The number of piperazine rings is 1. The molecular formula is C15H18N4O3. The zero-order valence-corrected chi connectivity index (χ0v) is 12.4. The second-order valence-electron chi connectivity index (χ2n) is 5.60. The van der Waals surface area contributed by atoms with Crippen molar-refractivity contribution >= 4 is 0 Å². The quantitative estimate of drug-likeness (QED) is 0.915. The summed E-state index contributed by atoms with van der Waals surface area (Å²) in [5, 5.41) is 7.45. The first-order chi connectivity index (χ1) is 10.8. The van der Waals surface area contributed by atoms with E-state index in [9.17, 15) is 0 Å². The summed E-state index contributed by atoms with van der Waals surface area (Å²) < 4.78 is 16.1. The molecule has 4 rings (SSSR count). The minimum Gasteiger partial charge on any atom is -0.454 e. The second-order valence-corrected chi connectivity index (χ2v) is 5.60. The van der Waals surface area contributed by atoms with Gasteiger partial charge in [-0.15, -0.1) is 0 Å². The fraction of sp³-hybridized carbons (Fsp3) is 0.467. The molecule has 116 valence electrons. The molecular weight excluding hydrogens is 284 g/mol. The molecule has 22 heavy (non-hydrogen) atoms. The standard InChI is InChI=1S/C15H18N4O3/c1-10-7-16-4-5-19(10)8-14-17-15(18-22-14)11-2-3-12-13(6-11)21-9-20-12/h2-3,6,10,16H,4-5,7-9H2,1H3/t10-/m0/s1. The molecule has 0 aliphatic carbocycles. The average molecular weight is 302 g/mol. The van der Waals surface area contributed by atoms with Crippen molar-refractivity contribution in [2.24, 2.45) is 0 Å². The van der Waals surface area contributed by atoms with Gasteiger partial charge in [-0.05, 0) is 25.1 Å². The van der Waals surface area contributed by atoms with E-state index in [4.69, 9.17) is 14.0 Å². The molecule has 1 atom stereocenters. The van der Waals surface area contributed by atoms with Gasteiger partial charge >= 0.3 is 0 Å². The van der Waals surface area contributed by atoms with Crippen LogP contribution in [0.1, 0.15) is 12.8 Å². The maximum atomic E-state index is 5.39. The molecule has 0 radical (unpaired) electrons. The highest BCUT2D eigenvalue weighted by molar-refractivity contribution is 5.61. The SMILES string of the molecule is C[C@H]1CNCCN1Cc1nc(-c2ccc3c(c2)OCO3)no1. The third kappa shape index (κ3) is 2.53. The predicted molar refractivity (Wildman–Crippen MR) is 78.6 cm³/mol. The molecule has 7 heteroatoms. The number of hydrogen-bond acceptors (Lipinski definition) is 7. The van der Waals surface area contributed by atoms with Gasteiger partial charge in [0, 0.05) is 31.2 Å². The first kappa shape index (κ1) is 13.5. The van der Waals surface area contributed by atoms with Gasteiger partial charge in [0.25, 0.3) is 0 Å². The Balaban J connectivity index is 1.51. The van der Waals surface area contributed by atoms with Crippen LogP contribution < -0.4 is 14.8 Å². The molecule has 0 unspecified atom stereocenters. The molecule has 0 spiro atoms. The van der Waals surface area contributed by atoms with E-state index in [1.165, 1.54) is 0 Å². The van der Waals surface area contributed by atoms with E-state index in [0.29, 0.717) is 24.3 Å². The minimum atomic E-state index is 0.261. The lowest BCUT2D eigenvalue weighted by molar-refractivity contribution is 0.146. The number of ether oxygens (including phenoxy) is 2. The Hall–Kier alpha value is -2.12. The zero-order chi connectivity index (χ0) is 14.9. The number of hydrogen-bond donors (Lipinski definition) is 1. The monoisotopic (exact) mass is 302 g/mol. The van der Waals surface area contributed by atoms with Crippen molar-refractivity contribution in [2.45, 2.75) is 19.5 Å². The van der Waals surface area contributed by atoms with E-state index in [1.54, 1.807) is 0 Å². The third-order valence-electron chi connectivity index (χ3n) is 4.08. The van der Waals surface area contributed by atoms with E-state index in [1.807, 2.05) is 18.2 Å². The summed E-state index contributed by atoms with van der Waals surface area (Å²) in [7, 11) is 0. The van der Waals surface area contributed by atoms with E-state index in [-0.39, 0.29) is 6.79 Å². The number of fused-ring (bicyclic) bond motifs is 1. The minimum absolute atomic E-state index is 0.261. The van der Waals surface area contributed by atoms with Crippen LogP contribution in [0.4, 0.5) is 0 Å². The summed E-state index contributed by atoms with van der Waals surface area (Å²) >= 11 is 0. The van der Waals surface area contributed by atoms with Gasteiger partial charge in [0.2, 0.25) is 18.5 Å². The molecule has 1 aromatic heterocycles. The van der Waals surface area contributed by atoms with Crippen LogP contribution in [0.5, 0.6) is 11.5 Å². The molecule has 1 saturated heterocycles. The third-order valence-corrected chi connectivity index (χ3v) is 4.08. The van der Waals surface area contributed by atoms with Crippen LogP contribution in [-0.4, -0.2) is 47.5 Å². The number of nitrogens with one attached hydrogen (secondary N) is 1. The topological polar surface area (TPSA) is 72.7 Å². The number of rotatable bonds is 3. The predicted octanol–water partition coefficient (Wildman–Crippen LogP) is 1.26. The van der Waals surface area contributed by atoms with Crippen LogP contribution in [0.2, 0.25) is 0 Å². The van der Waals surface area contributed by atoms with Crippen LogP contribution in [0.3, 0.4) is 0 Å². The Bertz CT molecular complexity index is 673. The van der Waals surface area contributed by atoms with Crippen molar-refractivity contribution in [1.82, 2.24) is 20.4 Å². The van der Waals surface area contributed by atoms with Gasteiger partial charge in [-0.3, -0.25) is 4.90 Å². The Morgan fingerprint density at radius 2 is 2.23 bits per heavy atom. The van der Waals surface area contributed by atoms with Crippen LogP contribution in [-0.2, 0) is 6.54 Å². The Morgan fingerprint density at radius 1 is 1.32 bits per heavy atom.